The number of carbonyl (C=O) groups excluding carboxylic acids is 3. The van der Waals surface area contributed by atoms with E-state index in [1.54, 1.807) is 36.4 Å². The van der Waals surface area contributed by atoms with Gasteiger partial charge in [-0.3, -0.25) is 19.3 Å². The molecule has 2 aromatic rings. The maximum absolute atomic E-state index is 12.6. The van der Waals surface area contributed by atoms with Gasteiger partial charge >= 0.3 is 0 Å². The van der Waals surface area contributed by atoms with Crippen molar-refractivity contribution in [3.63, 3.8) is 0 Å². The summed E-state index contributed by atoms with van der Waals surface area (Å²) in [6.45, 7) is 1.28. The topological polar surface area (TPSA) is 54.5 Å². The molecular weight excluding hydrogens is 266 g/mol. The summed E-state index contributed by atoms with van der Waals surface area (Å²) in [7, 11) is 0. The van der Waals surface area contributed by atoms with Gasteiger partial charge in [-0.05, 0) is 31.2 Å². The number of rotatable bonds is 2. The van der Waals surface area contributed by atoms with Crippen molar-refractivity contribution in [2.75, 3.05) is 4.90 Å². The molecule has 4 nitrogen and oxygen atoms in total. The van der Waals surface area contributed by atoms with Crippen LogP contribution >= 0.6 is 0 Å². The second-order valence-electron chi connectivity index (χ2n) is 4.93. The summed E-state index contributed by atoms with van der Waals surface area (Å²) in [5.41, 5.74) is 1.58. The number of anilines is 2. The molecule has 4 heteroatoms. The van der Waals surface area contributed by atoms with Gasteiger partial charge in [-0.25, -0.2) is 0 Å². The van der Waals surface area contributed by atoms with E-state index in [0.717, 1.165) is 0 Å². The van der Waals surface area contributed by atoms with E-state index in [9.17, 15) is 14.4 Å². The summed E-state index contributed by atoms with van der Waals surface area (Å²) in [6.07, 6.45) is 0. The molecule has 1 amide bonds. The van der Waals surface area contributed by atoms with Crippen LogP contribution < -0.4 is 4.90 Å². The number of amides is 1. The predicted molar refractivity (Wildman–Crippen MR) is 78.5 cm³/mol. The predicted octanol–water partition coefficient (Wildman–Crippen LogP) is 2.75. The first-order valence-corrected chi connectivity index (χ1v) is 6.64. The quantitative estimate of drug-likeness (QED) is 0.794. The van der Waals surface area contributed by atoms with Crippen molar-refractivity contribution in [1.29, 1.82) is 0 Å². The van der Waals surface area contributed by atoms with Gasteiger partial charge in [0.1, 0.15) is 5.78 Å². The number of ketones is 2. The third-order valence-corrected chi connectivity index (χ3v) is 3.56. The van der Waals surface area contributed by atoms with Crippen LogP contribution in [0.15, 0.2) is 54.6 Å². The number of carbonyl (C=O) groups is 3. The minimum absolute atomic E-state index is 0.404. The maximum Gasteiger partial charge on any atom is 0.250 e. The molecule has 1 heterocycles. The number of Topliss-reactive ketones (excluding diaryl/α,β-unsaturated/α-hetero) is 2. The summed E-state index contributed by atoms with van der Waals surface area (Å²) < 4.78 is 0. The van der Waals surface area contributed by atoms with Gasteiger partial charge in [-0.1, -0.05) is 30.3 Å². The summed E-state index contributed by atoms with van der Waals surface area (Å²) in [6, 6.07) is 15.9. The molecule has 3 rings (SSSR count). The van der Waals surface area contributed by atoms with E-state index < -0.39 is 23.4 Å². The SMILES string of the molecule is CC(=O)[C@H]1C(=O)c2ccccc2N(c2ccccc2)C1=O. The Kier molecular flexibility index (Phi) is 3.14. The van der Waals surface area contributed by atoms with Crippen LogP contribution in [-0.4, -0.2) is 17.5 Å². The van der Waals surface area contributed by atoms with Gasteiger partial charge in [0.25, 0.3) is 0 Å². The molecule has 0 spiro atoms. The lowest BCUT2D eigenvalue weighted by Crippen LogP contribution is -2.45. The Morgan fingerprint density at radius 3 is 2.24 bits per heavy atom. The lowest BCUT2D eigenvalue weighted by atomic mass is 9.87. The highest BCUT2D eigenvalue weighted by atomic mass is 16.2. The van der Waals surface area contributed by atoms with E-state index in [2.05, 4.69) is 0 Å². The Labute approximate surface area is 122 Å². The second-order valence-corrected chi connectivity index (χ2v) is 4.93. The van der Waals surface area contributed by atoms with Crippen molar-refractivity contribution in [2.24, 2.45) is 5.92 Å². The van der Waals surface area contributed by atoms with Gasteiger partial charge in [0.15, 0.2) is 11.7 Å². The van der Waals surface area contributed by atoms with Crippen LogP contribution in [0.5, 0.6) is 0 Å². The Balaban J connectivity index is 2.23. The zero-order valence-corrected chi connectivity index (χ0v) is 11.4. The van der Waals surface area contributed by atoms with E-state index in [4.69, 9.17) is 0 Å². The normalized spacial score (nSPS) is 17.6. The molecule has 2 aromatic carbocycles. The van der Waals surface area contributed by atoms with Gasteiger partial charge in [0, 0.05) is 11.3 Å². The lowest BCUT2D eigenvalue weighted by molar-refractivity contribution is -0.129. The third kappa shape index (κ3) is 2.05. The van der Waals surface area contributed by atoms with Crippen LogP contribution in [0.25, 0.3) is 0 Å². The fraction of sp³-hybridized carbons (Fsp3) is 0.118. The molecule has 1 aliphatic heterocycles. The molecule has 0 N–H and O–H groups in total. The minimum atomic E-state index is -1.25. The Bertz CT molecular complexity index is 737. The first-order chi connectivity index (χ1) is 10.1. The van der Waals surface area contributed by atoms with E-state index in [1.165, 1.54) is 11.8 Å². The van der Waals surface area contributed by atoms with Gasteiger partial charge in [-0.2, -0.15) is 0 Å². The van der Waals surface area contributed by atoms with Gasteiger partial charge < -0.3 is 0 Å². The van der Waals surface area contributed by atoms with Crippen LogP contribution in [0.1, 0.15) is 17.3 Å². The van der Waals surface area contributed by atoms with Crippen molar-refractivity contribution in [3.8, 4) is 0 Å². The third-order valence-electron chi connectivity index (χ3n) is 3.56. The molecule has 0 saturated heterocycles. The lowest BCUT2D eigenvalue weighted by Gasteiger charge is -2.32. The van der Waals surface area contributed by atoms with Gasteiger partial charge in [-0.15, -0.1) is 0 Å². The van der Waals surface area contributed by atoms with E-state index >= 15 is 0 Å². The first-order valence-electron chi connectivity index (χ1n) is 6.64. The monoisotopic (exact) mass is 279 g/mol. The highest BCUT2D eigenvalue weighted by Gasteiger charge is 2.42. The highest BCUT2D eigenvalue weighted by Crippen LogP contribution is 2.36. The van der Waals surface area contributed by atoms with E-state index in [0.29, 0.717) is 16.9 Å². The van der Waals surface area contributed by atoms with Crippen molar-refractivity contribution < 1.29 is 14.4 Å². The van der Waals surface area contributed by atoms with Gasteiger partial charge in [0.2, 0.25) is 5.91 Å². The average molecular weight is 279 g/mol. The molecule has 0 bridgehead atoms. The molecule has 0 aromatic heterocycles. The fourth-order valence-corrected chi connectivity index (χ4v) is 2.59. The van der Waals surface area contributed by atoms with E-state index in [1.807, 2.05) is 18.2 Å². The van der Waals surface area contributed by atoms with Crippen molar-refractivity contribution in [1.82, 2.24) is 0 Å². The molecule has 0 fully saturated rings. The molecule has 0 aliphatic carbocycles. The largest absolute Gasteiger partial charge is 0.299 e. The number of hydrogen-bond donors (Lipinski definition) is 0. The van der Waals surface area contributed by atoms with Crippen molar-refractivity contribution in [2.45, 2.75) is 6.92 Å². The number of hydrogen-bond acceptors (Lipinski definition) is 3. The van der Waals surface area contributed by atoms with Crippen molar-refractivity contribution >= 4 is 28.8 Å². The molecule has 21 heavy (non-hydrogen) atoms. The Morgan fingerprint density at radius 2 is 1.57 bits per heavy atom. The Hall–Kier alpha value is -2.75. The summed E-state index contributed by atoms with van der Waals surface area (Å²) >= 11 is 0. The number of benzene rings is 2. The highest BCUT2D eigenvalue weighted by molar-refractivity contribution is 6.32. The van der Waals surface area contributed by atoms with Crippen LogP contribution in [0.4, 0.5) is 11.4 Å². The zero-order chi connectivity index (χ0) is 15.0. The zero-order valence-electron chi connectivity index (χ0n) is 11.4. The van der Waals surface area contributed by atoms with Gasteiger partial charge in [0.05, 0.1) is 5.69 Å². The minimum Gasteiger partial charge on any atom is -0.299 e. The molecular formula is C17H13NO3. The number of fused-ring (bicyclic) bond motifs is 1. The van der Waals surface area contributed by atoms with Crippen LogP contribution in [-0.2, 0) is 9.59 Å². The van der Waals surface area contributed by atoms with E-state index in [-0.39, 0.29) is 0 Å². The molecule has 0 saturated carbocycles. The van der Waals surface area contributed by atoms with Crippen LogP contribution in [0, 0.1) is 5.92 Å². The molecule has 0 radical (unpaired) electrons. The van der Waals surface area contributed by atoms with Crippen LogP contribution in [0.2, 0.25) is 0 Å². The smallest absolute Gasteiger partial charge is 0.250 e. The standard InChI is InChI=1S/C17H13NO3/c1-11(19)15-16(20)13-9-5-6-10-14(13)18(17(15)21)12-7-3-2-4-8-12/h2-10,15H,1H3/t15-/m0/s1. The van der Waals surface area contributed by atoms with Crippen LogP contribution in [0.3, 0.4) is 0 Å². The van der Waals surface area contributed by atoms with Crippen molar-refractivity contribution in [3.05, 3.63) is 60.2 Å². The second kappa shape index (κ2) is 4.98. The summed E-state index contributed by atoms with van der Waals surface area (Å²) in [5, 5.41) is 0. The fourth-order valence-electron chi connectivity index (χ4n) is 2.59. The molecule has 1 aliphatic rings. The molecule has 1 atom stereocenters. The molecule has 0 unspecified atom stereocenters. The summed E-state index contributed by atoms with van der Waals surface area (Å²) in [5.74, 6) is -2.59. The average Bonchev–Trinajstić information content (AvgIpc) is 2.48. The Morgan fingerprint density at radius 1 is 0.952 bits per heavy atom. The number of para-hydroxylation sites is 2. The summed E-state index contributed by atoms with van der Waals surface area (Å²) in [4.78, 5) is 38.2. The number of nitrogens with zero attached hydrogens (tertiary/aromatic N) is 1. The molecule has 104 valence electrons. The maximum atomic E-state index is 12.6. The first kappa shape index (κ1) is 13.2.